The van der Waals surface area contributed by atoms with Crippen LogP contribution in [0.25, 0.3) is 0 Å². The number of methoxy groups -OCH3 is 1. The molecule has 2 aromatic rings. The lowest BCUT2D eigenvalue weighted by atomic mass is 9.85. The summed E-state index contributed by atoms with van der Waals surface area (Å²) >= 11 is 12.1. The van der Waals surface area contributed by atoms with Crippen molar-refractivity contribution in [3.63, 3.8) is 0 Å². The number of hydrazone groups is 1. The van der Waals surface area contributed by atoms with Crippen LogP contribution >= 0.6 is 23.2 Å². The number of halogens is 2. The van der Waals surface area contributed by atoms with Gasteiger partial charge >= 0.3 is 0 Å². The third-order valence-electron chi connectivity index (χ3n) is 6.36. The fourth-order valence-corrected chi connectivity index (χ4v) is 5.27. The quantitative estimate of drug-likeness (QED) is 0.347. The number of imide groups is 1. The summed E-state index contributed by atoms with van der Waals surface area (Å²) < 4.78 is 11.3. The minimum Gasteiger partial charge on any atom is -0.493 e. The summed E-state index contributed by atoms with van der Waals surface area (Å²) in [6.45, 7) is 0.246. The lowest BCUT2D eigenvalue weighted by molar-refractivity contribution is -0.140. The summed E-state index contributed by atoms with van der Waals surface area (Å²) in [4.78, 5) is 25.5. The Morgan fingerprint density at radius 1 is 1.03 bits per heavy atom. The number of fused-ring (bicyclic) bond motifs is 5. The van der Waals surface area contributed by atoms with Gasteiger partial charge in [0.25, 0.3) is 11.8 Å². The van der Waals surface area contributed by atoms with E-state index in [9.17, 15) is 9.59 Å². The number of hydrogen-bond donors (Lipinski definition) is 0. The van der Waals surface area contributed by atoms with Crippen LogP contribution in [0.5, 0.6) is 11.5 Å². The number of carbonyl (C=O) groups is 2. The van der Waals surface area contributed by atoms with Gasteiger partial charge in [-0.2, -0.15) is 10.1 Å². The van der Waals surface area contributed by atoms with Crippen LogP contribution in [-0.2, 0) is 16.2 Å². The van der Waals surface area contributed by atoms with Crippen LogP contribution in [-0.4, -0.2) is 30.1 Å². The lowest BCUT2D eigenvalue weighted by Crippen LogP contribution is -2.28. The van der Waals surface area contributed by atoms with E-state index in [4.69, 9.17) is 32.7 Å². The van der Waals surface area contributed by atoms with Gasteiger partial charge in [-0.25, -0.2) is 0 Å². The van der Waals surface area contributed by atoms with Gasteiger partial charge in [0, 0.05) is 15.6 Å². The first-order chi connectivity index (χ1) is 15.5. The average Bonchev–Trinajstić information content (AvgIpc) is 3.46. The first kappa shape index (κ1) is 21.0. The molecule has 32 heavy (non-hydrogen) atoms. The predicted octanol–water partition coefficient (Wildman–Crippen LogP) is 4.72. The van der Waals surface area contributed by atoms with Crippen LogP contribution in [0.4, 0.5) is 0 Å². The third-order valence-corrected chi connectivity index (χ3v) is 6.94. The van der Waals surface area contributed by atoms with Crippen molar-refractivity contribution in [1.29, 1.82) is 0 Å². The molecule has 0 aromatic heterocycles. The molecule has 2 aliphatic carbocycles. The zero-order chi connectivity index (χ0) is 22.4. The molecule has 164 valence electrons. The van der Waals surface area contributed by atoms with E-state index in [-0.39, 0.29) is 42.1 Å². The molecule has 1 saturated heterocycles. The van der Waals surface area contributed by atoms with Crippen LogP contribution in [0.3, 0.4) is 0 Å². The highest BCUT2D eigenvalue weighted by Crippen LogP contribution is 2.52. The SMILES string of the molecule is COc1cc(/C=N\N2C(=O)[C@@H]3[C@H](C2=O)[C@H]2C=C[C@H]3C2)ccc1OCc1ccc(Cl)cc1Cl. The molecule has 6 nitrogen and oxygen atoms in total. The van der Waals surface area contributed by atoms with Crippen LogP contribution in [0.15, 0.2) is 53.7 Å². The fraction of sp³-hybridized carbons (Fsp3) is 0.292. The zero-order valence-electron chi connectivity index (χ0n) is 17.2. The summed E-state index contributed by atoms with van der Waals surface area (Å²) in [6.07, 6.45) is 6.51. The predicted molar refractivity (Wildman–Crippen MR) is 121 cm³/mol. The Morgan fingerprint density at radius 3 is 2.41 bits per heavy atom. The summed E-state index contributed by atoms with van der Waals surface area (Å²) in [7, 11) is 1.54. The number of nitrogens with zero attached hydrogens (tertiary/aromatic N) is 2. The van der Waals surface area contributed by atoms with Crippen LogP contribution < -0.4 is 9.47 Å². The Kier molecular flexibility index (Phi) is 5.43. The second-order valence-electron chi connectivity index (χ2n) is 8.17. The van der Waals surface area contributed by atoms with E-state index in [1.807, 2.05) is 0 Å². The van der Waals surface area contributed by atoms with E-state index in [0.29, 0.717) is 27.1 Å². The number of ether oxygens (including phenoxy) is 2. The lowest BCUT2D eigenvalue weighted by Gasteiger charge is -2.13. The Morgan fingerprint density at radius 2 is 1.75 bits per heavy atom. The molecule has 0 radical (unpaired) electrons. The average molecular weight is 471 g/mol. The Hall–Kier alpha value is -2.83. The van der Waals surface area contributed by atoms with Crippen LogP contribution in [0, 0.1) is 23.7 Å². The second-order valence-corrected chi connectivity index (χ2v) is 9.01. The maximum absolute atomic E-state index is 12.7. The molecule has 8 heteroatoms. The molecular formula is C24H20Cl2N2O4. The molecule has 0 spiro atoms. The Bertz CT molecular complexity index is 1130. The van der Waals surface area contributed by atoms with Crippen LogP contribution in [0.2, 0.25) is 10.0 Å². The molecule has 0 unspecified atom stereocenters. The maximum atomic E-state index is 12.7. The Labute approximate surface area is 195 Å². The van der Waals surface area contributed by atoms with Crippen molar-refractivity contribution in [2.45, 2.75) is 13.0 Å². The van der Waals surface area contributed by atoms with Gasteiger partial charge in [0.2, 0.25) is 0 Å². The largest absolute Gasteiger partial charge is 0.493 e. The van der Waals surface area contributed by atoms with E-state index in [0.717, 1.165) is 17.0 Å². The molecule has 1 heterocycles. The van der Waals surface area contributed by atoms with Crippen LogP contribution in [0.1, 0.15) is 17.5 Å². The molecule has 3 aliphatic rings. The highest BCUT2D eigenvalue weighted by molar-refractivity contribution is 6.35. The topological polar surface area (TPSA) is 68.2 Å². The number of amides is 2. The minimum absolute atomic E-state index is 0.160. The van der Waals surface area contributed by atoms with Crippen molar-refractivity contribution >= 4 is 41.2 Å². The molecule has 2 aromatic carbocycles. The van der Waals surface area contributed by atoms with Gasteiger partial charge in [-0.1, -0.05) is 41.4 Å². The molecule has 2 bridgehead atoms. The summed E-state index contributed by atoms with van der Waals surface area (Å²) in [6, 6.07) is 10.5. The third kappa shape index (κ3) is 3.57. The highest BCUT2D eigenvalue weighted by Gasteiger charge is 2.59. The number of rotatable bonds is 6. The maximum Gasteiger partial charge on any atom is 0.254 e. The van der Waals surface area contributed by atoms with Crippen molar-refractivity contribution in [2.24, 2.45) is 28.8 Å². The van der Waals surface area contributed by atoms with Gasteiger partial charge in [-0.15, -0.1) is 0 Å². The Balaban J connectivity index is 1.29. The summed E-state index contributed by atoms with van der Waals surface area (Å²) in [5.41, 5.74) is 1.47. The van der Waals surface area contributed by atoms with Gasteiger partial charge in [-0.05, 0) is 54.2 Å². The number of carbonyl (C=O) groups excluding carboxylic acids is 2. The summed E-state index contributed by atoms with van der Waals surface area (Å²) in [5, 5.41) is 6.32. The zero-order valence-corrected chi connectivity index (χ0v) is 18.7. The van der Waals surface area contributed by atoms with Gasteiger partial charge in [0.05, 0.1) is 25.2 Å². The van der Waals surface area contributed by atoms with Gasteiger partial charge in [0.15, 0.2) is 11.5 Å². The van der Waals surface area contributed by atoms with Crippen molar-refractivity contribution in [2.75, 3.05) is 7.11 Å². The van der Waals surface area contributed by atoms with E-state index in [1.54, 1.807) is 36.4 Å². The molecule has 2 amide bonds. The number of allylic oxidation sites excluding steroid dienone is 2. The van der Waals surface area contributed by atoms with Gasteiger partial charge < -0.3 is 9.47 Å². The van der Waals surface area contributed by atoms with E-state index in [1.165, 1.54) is 13.3 Å². The van der Waals surface area contributed by atoms with Crippen molar-refractivity contribution in [1.82, 2.24) is 5.01 Å². The molecule has 1 aliphatic heterocycles. The highest BCUT2D eigenvalue weighted by atomic mass is 35.5. The number of benzene rings is 2. The van der Waals surface area contributed by atoms with Crippen molar-refractivity contribution < 1.29 is 19.1 Å². The minimum atomic E-state index is -0.264. The first-order valence-corrected chi connectivity index (χ1v) is 11.1. The molecule has 2 fully saturated rings. The van der Waals surface area contributed by atoms with Crippen molar-refractivity contribution in [3.05, 3.63) is 69.7 Å². The van der Waals surface area contributed by atoms with E-state index < -0.39 is 0 Å². The smallest absolute Gasteiger partial charge is 0.254 e. The fourth-order valence-electron chi connectivity index (χ4n) is 4.80. The first-order valence-electron chi connectivity index (χ1n) is 10.3. The molecule has 4 atom stereocenters. The van der Waals surface area contributed by atoms with Gasteiger partial charge in [0.1, 0.15) is 6.61 Å². The molecule has 5 rings (SSSR count). The van der Waals surface area contributed by atoms with E-state index >= 15 is 0 Å². The second kappa shape index (κ2) is 8.26. The van der Waals surface area contributed by atoms with Crippen molar-refractivity contribution in [3.8, 4) is 11.5 Å². The monoisotopic (exact) mass is 470 g/mol. The number of hydrogen-bond acceptors (Lipinski definition) is 5. The standard InChI is InChI=1S/C24H20Cl2N2O4/c1-31-20-8-13(2-7-19(20)32-12-16-5-6-17(25)10-18(16)26)11-27-28-23(29)21-14-3-4-15(9-14)22(21)24(28)30/h2-8,10-11,14-15,21-22H,9,12H2,1H3/b27-11-/t14-,15-,21-,22+/m0/s1. The normalized spacial score (nSPS) is 25.8. The summed E-state index contributed by atoms with van der Waals surface area (Å²) in [5.74, 6) is 0.400. The van der Waals surface area contributed by atoms with E-state index in [2.05, 4.69) is 17.3 Å². The molecule has 1 saturated carbocycles. The van der Waals surface area contributed by atoms with Gasteiger partial charge in [-0.3, -0.25) is 9.59 Å². The molecular weight excluding hydrogens is 451 g/mol. The molecule has 0 N–H and O–H groups in total.